The first-order valence-electron chi connectivity index (χ1n) is 5.55. The maximum Gasteiger partial charge on any atom is 0.0100 e. The van der Waals surface area contributed by atoms with Crippen LogP contribution >= 0.6 is 0 Å². The molecule has 12 heavy (non-hydrogen) atoms. The molecule has 70 valence electrons. The summed E-state index contributed by atoms with van der Waals surface area (Å²) in [6, 6.07) is 1.60. The van der Waals surface area contributed by atoms with Crippen LogP contribution in [0.1, 0.15) is 46.0 Å². The van der Waals surface area contributed by atoms with Gasteiger partial charge in [0.05, 0.1) is 0 Å². The van der Waals surface area contributed by atoms with Crippen molar-refractivity contribution in [2.24, 2.45) is 11.8 Å². The fourth-order valence-corrected chi connectivity index (χ4v) is 2.93. The Labute approximate surface area is 75.9 Å². The summed E-state index contributed by atoms with van der Waals surface area (Å²) in [5, 5.41) is 3.76. The Morgan fingerprint density at radius 1 is 1.33 bits per heavy atom. The van der Waals surface area contributed by atoms with Gasteiger partial charge < -0.3 is 5.32 Å². The molecule has 0 unspecified atom stereocenters. The fraction of sp³-hybridized carbons (Fsp3) is 1.00. The minimum Gasteiger partial charge on any atom is -0.311 e. The van der Waals surface area contributed by atoms with Gasteiger partial charge in [-0.25, -0.2) is 0 Å². The van der Waals surface area contributed by atoms with E-state index in [9.17, 15) is 0 Å². The molecule has 0 heterocycles. The smallest absolute Gasteiger partial charge is 0.0100 e. The molecule has 1 nitrogen and oxygen atoms in total. The number of rotatable bonds is 3. The molecule has 0 radical (unpaired) electrons. The topological polar surface area (TPSA) is 12.0 Å². The lowest BCUT2D eigenvalue weighted by molar-refractivity contribution is 0.321. The first-order valence-corrected chi connectivity index (χ1v) is 5.55. The standard InChI is InChI=1S/C11H21N/c1-3-8(2)12-11-7-9-4-5-10(11)6-9/h8-12H,3-7H2,1-2H3/t8-,9+,10+,11+/m0/s1. The van der Waals surface area contributed by atoms with E-state index in [1.165, 1.54) is 32.1 Å². The molecule has 2 rings (SSSR count). The highest BCUT2D eigenvalue weighted by molar-refractivity contribution is 4.94. The van der Waals surface area contributed by atoms with E-state index in [4.69, 9.17) is 0 Å². The molecule has 2 aliphatic carbocycles. The van der Waals surface area contributed by atoms with Crippen molar-refractivity contribution < 1.29 is 0 Å². The first kappa shape index (κ1) is 8.55. The van der Waals surface area contributed by atoms with Crippen molar-refractivity contribution in [3.8, 4) is 0 Å². The zero-order chi connectivity index (χ0) is 8.55. The highest BCUT2D eigenvalue weighted by Crippen LogP contribution is 2.44. The zero-order valence-electron chi connectivity index (χ0n) is 8.34. The van der Waals surface area contributed by atoms with Crippen molar-refractivity contribution >= 4 is 0 Å². The Balaban J connectivity index is 1.82. The molecule has 2 saturated carbocycles. The second-order valence-electron chi connectivity index (χ2n) is 4.76. The summed E-state index contributed by atoms with van der Waals surface area (Å²) in [5.74, 6) is 2.11. The lowest BCUT2D eigenvalue weighted by atomic mass is 9.94. The van der Waals surface area contributed by atoms with Crippen molar-refractivity contribution in [3.05, 3.63) is 0 Å². The Bertz CT molecular complexity index is 155. The van der Waals surface area contributed by atoms with Crippen molar-refractivity contribution in [1.82, 2.24) is 5.32 Å². The number of hydrogen-bond acceptors (Lipinski definition) is 1. The Kier molecular flexibility index (Phi) is 2.40. The number of fused-ring (bicyclic) bond motifs is 2. The molecule has 2 aliphatic rings. The molecule has 0 aromatic heterocycles. The van der Waals surface area contributed by atoms with Gasteiger partial charge in [0.2, 0.25) is 0 Å². The molecule has 0 aliphatic heterocycles. The zero-order valence-corrected chi connectivity index (χ0v) is 8.34. The second kappa shape index (κ2) is 3.37. The summed E-state index contributed by atoms with van der Waals surface area (Å²) in [7, 11) is 0. The van der Waals surface area contributed by atoms with Crippen LogP contribution in [0.25, 0.3) is 0 Å². The van der Waals surface area contributed by atoms with Crippen LogP contribution in [0.5, 0.6) is 0 Å². The molecule has 0 spiro atoms. The highest BCUT2D eigenvalue weighted by Gasteiger charge is 2.39. The van der Waals surface area contributed by atoms with Gasteiger partial charge in [0.1, 0.15) is 0 Å². The van der Waals surface area contributed by atoms with Gasteiger partial charge in [0.15, 0.2) is 0 Å². The Morgan fingerprint density at radius 3 is 2.67 bits per heavy atom. The van der Waals surface area contributed by atoms with Crippen LogP contribution in [0.3, 0.4) is 0 Å². The molecule has 0 aromatic carbocycles. The molecule has 1 N–H and O–H groups in total. The molecule has 2 fully saturated rings. The van der Waals surface area contributed by atoms with Crippen LogP contribution in [0.4, 0.5) is 0 Å². The van der Waals surface area contributed by atoms with Gasteiger partial charge >= 0.3 is 0 Å². The van der Waals surface area contributed by atoms with Crippen LogP contribution in [0.15, 0.2) is 0 Å². The third-order valence-corrected chi connectivity index (χ3v) is 3.85. The van der Waals surface area contributed by atoms with Gasteiger partial charge in [-0.3, -0.25) is 0 Å². The van der Waals surface area contributed by atoms with Crippen LogP contribution in [0.2, 0.25) is 0 Å². The molecular weight excluding hydrogens is 146 g/mol. The van der Waals surface area contributed by atoms with Crippen molar-refractivity contribution in [3.63, 3.8) is 0 Å². The monoisotopic (exact) mass is 167 g/mol. The first-order chi connectivity index (χ1) is 5.79. The molecular formula is C11H21N. The summed E-state index contributed by atoms with van der Waals surface area (Å²) in [6.07, 6.45) is 7.28. The molecule has 1 heteroatoms. The molecule has 0 saturated heterocycles. The quantitative estimate of drug-likeness (QED) is 0.681. The van der Waals surface area contributed by atoms with Gasteiger partial charge in [-0.1, -0.05) is 13.3 Å². The lowest BCUT2D eigenvalue weighted by Crippen LogP contribution is -2.39. The van der Waals surface area contributed by atoms with Gasteiger partial charge in [-0.15, -0.1) is 0 Å². The maximum atomic E-state index is 3.76. The van der Waals surface area contributed by atoms with E-state index in [1.807, 2.05) is 0 Å². The van der Waals surface area contributed by atoms with Gasteiger partial charge in [0, 0.05) is 12.1 Å². The average molecular weight is 167 g/mol. The molecule has 4 atom stereocenters. The Hall–Kier alpha value is -0.0400. The van der Waals surface area contributed by atoms with Crippen molar-refractivity contribution in [2.75, 3.05) is 0 Å². The lowest BCUT2D eigenvalue weighted by Gasteiger charge is -2.26. The van der Waals surface area contributed by atoms with E-state index < -0.39 is 0 Å². The molecule has 0 amide bonds. The average Bonchev–Trinajstić information content (AvgIpc) is 2.64. The van der Waals surface area contributed by atoms with Gasteiger partial charge in [0.25, 0.3) is 0 Å². The summed E-state index contributed by atoms with van der Waals surface area (Å²) in [5.41, 5.74) is 0. The van der Waals surface area contributed by atoms with E-state index in [0.717, 1.165) is 23.9 Å². The summed E-state index contributed by atoms with van der Waals surface area (Å²) in [6.45, 7) is 4.58. The largest absolute Gasteiger partial charge is 0.311 e. The van der Waals surface area contributed by atoms with E-state index in [0.29, 0.717) is 0 Å². The third-order valence-electron chi connectivity index (χ3n) is 3.85. The Morgan fingerprint density at radius 2 is 2.17 bits per heavy atom. The van der Waals surface area contributed by atoms with Gasteiger partial charge in [-0.2, -0.15) is 0 Å². The minimum absolute atomic E-state index is 0.731. The predicted molar refractivity (Wildman–Crippen MR) is 52.1 cm³/mol. The maximum absolute atomic E-state index is 3.76. The number of hydrogen-bond donors (Lipinski definition) is 1. The fourth-order valence-electron chi connectivity index (χ4n) is 2.93. The van der Waals surface area contributed by atoms with E-state index in [-0.39, 0.29) is 0 Å². The normalized spacial score (nSPS) is 42.0. The van der Waals surface area contributed by atoms with Crippen LogP contribution in [-0.4, -0.2) is 12.1 Å². The van der Waals surface area contributed by atoms with Crippen LogP contribution in [0, 0.1) is 11.8 Å². The third kappa shape index (κ3) is 1.52. The predicted octanol–water partition coefficient (Wildman–Crippen LogP) is 2.56. The van der Waals surface area contributed by atoms with E-state index in [1.54, 1.807) is 0 Å². The van der Waals surface area contributed by atoms with Crippen molar-refractivity contribution in [2.45, 2.75) is 58.0 Å². The summed E-state index contributed by atoms with van der Waals surface area (Å²) in [4.78, 5) is 0. The van der Waals surface area contributed by atoms with Crippen molar-refractivity contribution in [1.29, 1.82) is 0 Å². The van der Waals surface area contributed by atoms with E-state index in [2.05, 4.69) is 19.2 Å². The molecule has 2 bridgehead atoms. The summed E-state index contributed by atoms with van der Waals surface area (Å²) >= 11 is 0. The molecule has 0 aromatic rings. The minimum atomic E-state index is 0.731. The summed E-state index contributed by atoms with van der Waals surface area (Å²) < 4.78 is 0. The van der Waals surface area contributed by atoms with E-state index >= 15 is 0 Å². The second-order valence-corrected chi connectivity index (χ2v) is 4.76. The number of nitrogens with one attached hydrogen (secondary N) is 1. The SMILES string of the molecule is CC[C@H](C)N[C@@H]1C[C@@H]2CC[C@@H]1C2. The van der Waals surface area contributed by atoms with Crippen LogP contribution in [-0.2, 0) is 0 Å². The van der Waals surface area contributed by atoms with Crippen LogP contribution < -0.4 is 5.32 Å². The van der Waals surface area contributed by atoms with Gasteiger partial charge in [-0.05, 0) is 44.4 Å². The highest BCUT2D eigenvalue weighted by atomic mass is 15.0.